The van der Waals surface area contributed by atoms with Crippen LogP contribution in [0.4, 0.5) is 5.00 Å². The summed E-state index contributed by atoms with van der Waals surface area (Å²) >= 11 is 6.18. The molecule has 0 aromatic carbocycles. The molecule has 0 fully saturated rings. The number of furan rings is 1. The Morgan fingerprint density at radius 2 is 2.13 bits per heavy atom. The van der Waals surface area contributed by atoms with Crippen molar-refractivity contribution < 1.29 is 9.21 Å². The van der Waals surface area contributed by atoms with Gasteiger partial charge in [-0.1, -0.05) is 24.6 Å². The molecule has 4 rings (SSSR count). The molecule has 0 bridgehead atoms. The van der Waals surface area contributed by atoms with Crippen LogP contribution in [0, 0.1) is 11.3 Å². The van der Waals surface area contributed by atoms with Crippen molar-refractivity contribution in [2.45, 2.75) is 57.1 Å². The topological polar surface area (TPSA) is 96.7 Å². The van der Waals surface area contributed by atoms with Crippen molar-refractivity contribution in [3.8, 4) is 17.7 Å². The quantitative estimate of drug-likeness (QED) is 0.423. The minimum Gasteiger partial charge on any atom is -0.446 e. The summed E-state index contributed by atoms with van der Waals surface area (Å²) in [5.41, 5.74) is 1.78. The molecule has 0 spiro atoms. The molecule has 31 heavy (non-hydrogen) atoms. The van der Waals surface area contributed by atoms with E-state index in [0.29, 0.717) is 38.5 Å². The largest absolute Gasteiger partial charge is 0.446 e. The molecule has 3 aromatic heterocycles. The van der Waals surface area contributed by atoms with E-state index >= 15 is 0 Å². The zero-order valence-electron chi connectivity index (χ0n) is 17.1. The number of halogens is 1. The van der Waals surface area contributed by atoms with Crippen LogP contribution in [-0.2, 0) is 24.2 Å². The molecule has 0 radical (unpaired) electrons. The van der Waals surface area contributed by atoms with Crippen LogP contribution in [0.25, 0.3) is 11.6 Å². The summed E-state index contributed by atoms with van der Waals surface area (Å²) in [6.07, 6.45) is 6.58. The number of fused-ring (bicyclic) bond motifs is 1. The van der Waals surface area contributed by atoms with Gasteiger partial charge in [-0.05, 0) is 66.2 Å². The fourth-order valence-electron chi connectivity index (χ4n) is 3.72. The molecule has 0 atom stereocenters. The van der Waals surface area contributed by atoms with Crippen LogP contribution < -0.4 is 5.32 Å². The highest BCUT2D eigenvalue weighted by atomic mass is 79.9. The maximum absolute atomic E-state index is 12.7. The van der Waals surface area contributed by atoms with Gasteiger partial charge in [-0.25, -0.2) is 0 Å². The van der Waals surface area contributed by atoms with Gasteiger partial charge in [0.15, 0.2) is 15.6 Å². The first-order chi connectivity index (χ1) is 15.1. The molecule has 0 unspecified atom stereocenters. The predicted octanol–water partition coefficient (Wildman–Crippen LogP) is 5.64. The van der Waals surface area contributed by atoms with Crippen LogP contribution in [0.2, 0.25) is 0 Å². The average molecular weight is 520 g/mol. The Bertz CT molecular complexity index is 1130. The smallest absolute Gasteiger partial charge is 0.235 e. The van der Waals surface area contributed by atoms with E-state index in [0.717, 1.165) is 31.2 Å². The third-order valence-electron chi connectivity index (χ3n) is 5.20. The van der Waals surface area contributed by atoms with Gasteiger partial charge in [0.2, 0.25) is 11.7 Å². The molecule has 1 aliphatic rings. The molecule has 3 aromatic rings. The van der Waals surface area contributed by atoms with Crippen LogP contribution in [0.1, 0.15) is 48.6 Å². The fourth-order valence-corrected chi connectivity index (χ4v) is 6.08. The highest BCUT2D eigenvalue weighted by Crippen LogP contribution is 2.36. The average Bonchev–Trinajstić information content (AvgIpc) is 3.43. The number of hydrogen-bond donors (Lipinski definition) is 1. The molecule has 0 saturated heterocycles. The number of hydrogen-bond acceptors (Lipinski definition) is 7. The first-order valence-corrected chi connectivity index (χ1v) is 12.9. The Balaban J connectivity index is 1.45. The van der Waals surface area contributed by atoms with Crippen molar-refractivity contribution >= 4 is 49.9 Å². The lowest BCUT2D eigenvalue weighted by atomic mass is 9.97. The van der Waals surface area contributed by atoms with Gasteiger partial charge in [0.25, 0.3) is 0 Å². The van der Waals surface area contributed by atoms with Crippen LogP contribution in [-0.4, -0.2) is 26.4 Å². The molecular weight excluding hydrogens is 498 g/mol. The van der Waals surface area contributed by atoms with E-state index in [1.54, 1.807) is 11.3 Å². The van der Waals surface area contributed by atoms with E-state index in [2.05, 4.69) is 37.5 Å². The molecule has 1 N–H and O–H groups in total. The molecule has 0 aliphatic heterocycles. The SMILES string of the molecule is CCn1c(SCC(=O)Nc2sc3c(c2C#N)CCCCCC3)nnc1-c1ccc(Br)o1. The van der Waals surface area contributed by atoms with Crippen LogP contribution in [0.15, 0.2) is 26.4 Å². The Morgan fingerprint density at radius 3 is 2.84 bits per heavy atom. The van der Waals surface area contributed by atoms with Crippen LogP contribution in [0.3, 0.4) is 0 Å². The van der Waals surface area contributed by atoms with Crippen molar-refractivity contribution in [1.82, 2.24) is 14.8 Å². The molecule has 0 saturated carbocycles. The van der Waals surface area contributed by atoms with E-state index in [4.69, 9.17) is 4.42 Å². The number of aromatic nitrogens is 3. The van der Waals surface area contributed by atoms with Crippen molar-refractivity contribution in [3.05, 3.63) is 32.8 Å². The highest BCUT2D eigenvalue weighted by Gasteiger charge is 2.21. The van der Waals surface area contributed by atoms with E-state index in [-0.39, 0.29) is 11.7 Å². The van der Waals surface area contributed by atoms with Gasteiger partial charge < -0.3 is 9.73 Å². The van der Waals surface area contributed by atoms with Gasteiger partial charge in [0.1, 0.15) is 11.1 Å². The third kappa shape index (κ3) is 4.89. The zero-order chi connectivity index (χ0) is 21.8. The van der Waals surface area contributed by atoms with Crippen molar-refractivity contribution in [2.75, 3.05) is 11.1 Å². The van der Waals surface area contributed by atoms with Gasteiger partial charge >= 0.3 is 0 Å². The number of anilines is 1. The summed E-state index contributed by atoms with van der Waals surface area (Å²) in [5, 5.41) is 22.4. The van der Waals surface area contributed by atoms with E-state index in [1.165, 1.54) is 29.5 Å². The summed E-state index contributed by atoms with van der Waals surface area (Å²) in [5.74, 6) is 1.28. The molecule has 1 aliphatic carbocycles. The number of aryl methyl sites for hydroxylation is 1. The van der Waals surface area contributed by atoms with Crippen LogP contribution in [0.5, 0.6) is 0 Å². The predicted molar refractivity (Wildman–Crippen MR) is 125 cm³/mol. The lowest BCUT2D eigenvalue weighted by molar-refractivity contribution is -0.113. The summed E-state index contributed by atoms with van der Waals surface area (Å²) in [4.78, 5) is 13.9. The first kappa shape index (κ1) is 22.1. The standard InChI is InChI=1S/C21H22BrN5O2S2/c1-2-27-19(15-9-10-17(22)29-15)25-26-21(27)30-12-18(28)24-20-14(11-23)13-7-5-3-4-6-8-16(13)31-20/h9-10H,2-8,12H2,1H3,(H,24,28). The van der Waals surface area contributed by atoms with Gasteiger partial charge in [-0.15, -0.1) is 21.5 Å². The van der Waals surface area contributed by atoms with Gasteiger partial charge in [0, 0.05) is 11.4 Å². The number of thioether (sulfide) groups is 1. The van der Waals surface area contributed by atoms with Crippen molar-refractivity contribution in [1.29, 1.82) is 5.26 Å². The highest BCUT2D eigenvalue weighted by molar-refractivity contribution is 9.10. The molecule has 3 heterocycles. The second-order valence-electron chi connectivity index (χ2n) is 7.22. The second kappa shape index (κ2) is 10.0. The number of carbonyl (C=O) groups is 1. The second-order valence-corrected chi connectivity index (χ2v) is 10.1. The number of rotatable bonds is 6. The normalized spacial score (nSPS) is 13.8. The summed E-state index contributed by atoms with van der Waals surface area (Å²) < 4.78 is 8.13. The molecular formula is C21H22BrN5O2S2. The Morgan fingerprint density at radius 1 is 1.32 bits per heavy atom. The number of nitrogens with zero attached hydrogens (tertiary/aromatic N) is 4. The number of nitrogens with one attached hydrogen (secondary N) is 1. The molecule has 1 amide bonds. The van der Waals surface area contributed by atoms with Gasteiger partial charge in [-0.3, -0.25) is 9.36 Å². The monoisotopic (exact) mass is 519 g/mol. The Kier molecular flexibility index (Phi) is 7.15. The summed E-state index contributed by atoms with van der Waals surface area (Å²) in [7, 11) is 0. The fraction of sp³-hybridized carbons (Fsp3) is 0.429. The lowest BCUT2D eigenvalue weighted by Crippen LogP contribution is -2.14. The Hall–Kier alpha value is -2.09. The maximum atomic E-state index is 12.7. The summed E-state index contributed by atoms with van der Waals surface area (Å²) in [6, 6.07) is 5.96. The minimum absolute atomic E-state index is 0.149. The van der Waals surface area contributed by atoms with Crippen molar-refractivity contribution in [3.63, 3.8) is 0 Å². The zero-order valence-corrected chi connectivity index (χ0v) is 20.3. The third-order valence-corrected chi connectivity index (χ3v) is 7.80. The van der Waals surface area contributed by atoms with Gasteiger partial charge in [-0.2, -0.15) is 5.26 Å². The molecule has 162 valence electrons. The molecule has 10 heteroatoms. The van der Waals surface area contributed by atoms with Crippen molar-refractivity contribution in [2.24, 2.45) is 0 Å². The number of carbonyl (C=O) groups excluding carboxylic acids is 1. The lowest BCUT2D eigenvalue weighted by Gasteiger charge is -2.08. The maximum Gasteiger partial charge on any atom is 0.235 e. The number of amides is 1. The van der Waals surface area contributed by atoms with E-state index < -0.39 is 0 Å². The van der Waals surface area contributed by atoms with Gasteiger partial charge in [0.05, 0.1) is 11.3 Å². The first-order valence-electron chi connectivity index (χ1n) is 10.3. The van der Waals surface area contributed by atoms with E-state index in [9.17, 15) is 10.1 Å². The Labute approximate surface area is 197 Å². The van der Waals surface area contributed by atoms with E-state index in [1.807, 2.05) is 23.6 Å². The number of thiophene rings is 1. The number of nitriles is 1. The molecule has 7 nitrogen and oxygen atoms in total. The minimum atomic E-state index is -0.149. The van der Waals surface area contributed by atoms with Crippen LogP contribution >= 0.6 is 39.0 Å². The summed E-state index contributed by atoms with van der Waals surface area (Å²) in [6.45, 7) is 2.65.